The Kier molecular flexibility index (Phi) is 10.6. The molecule has 56 valence electrons. The van der Waals surface area contributed by atoms with Crippen LogP contribution in [0.1, 0.15) is 32.6 Å². The van der Waals surface area contributed by atoms with Crippen molar-refractivity contribution in [3.05, 3.63) is 12.2 Å². The Labute approximate surface area is 77.5 Å². The lowest BCUT2D eigenvalue weighted by Gasteiger charge is -1.88. The Morgan fingerprint density at radius 3 is 2.60 bits per heavy atom. The van der Waals surface area contributed by atoms with Gasteiger partial charge in [0, 0.05) is 0 Å². The highest BCUT2D eigenvalue weighted by Gasteiger charge is 1.85. The van der Waals surface area contributed by atoms with Crippen molar-refractivity contribution in [3.8, 4) is 0 Å². The zero-order chi connectivity index (χ0) is 7.66. The zero-order valence-corrected chi connectivity index (χ0v) is 8.95. The average molecular weight is 171 g/mol. The van der Waals surface area contributed by atoms with E-state index < -0.39 is 0 Å². The van der Waals surface area contributed by atoms with Gasteiger partial charge in [0.1, 0.15) is 0 Å². The molecule has 0 saturated heterocycles. The molecule has 0 bridgehead atoms. The normalized spacial score (nSPS) is 10.2. The van der Waals surface area contributed by atoms with Crippen molar-refractivity contribution in [1.29, 1.82) is 0 Å². The van der Waals surface area contributed by atoms with Gasteiger partial charge in [-0.1, -0.05) is 38.3 Å². The molecule has 2 heteroatoms. The fourth-order valence-corrected chi connectivity index (χ4v) is 1.61. The van der Waals surface area contributed by atoms with Crippen molar-refractivity contribution in [2.45, 2.75) is 37.2 Å². The first kappa shape index (κ1) is 10.8. The highest BCUT2D eigenvalue weighted by atomic mass is 35.5. The number of halogens is 1. The Balaban J connectivity index is 2.89. The second-order valence-electron chi connectivity index (χ2n) is 2.44. The van der Waals surface area contributed by atoms with Gasteiger partial charge in [0.25, 0.3) is 0 Å². The van der Waals surface area contributed by atoms with E-state index in [0.717, 1.165) is 0 Å². The van der Waals surface area contributed by atoms with E-state index in [-0.39, 0.29) is 19.3 Å². The van der Waals surface area contributed by atoms with Crippen LogP contribution in [0.5, 0.6) is 0 Å². The Hall–Kier alpha value is 0.796. The van der Waals surface area contributed by atoms with Crippen molar-refractivity contribution in [2.75, 3.05) is 0 Å². The first-order chi connectivity index (χ1) is 4.91. The van der Waals surface area contributed by atoms with E-state index in [1.165, 1.54) is 30.2 Å². The second-order valence-corrected chi connectivity index (χ2v) is 4.66. The standard InChI is InChI=1S/C8H15.ClH.Mg/c1-3-5-7-8-6-4-2;;/h5,7H,1,3-4,6,8H2,2H3;1H;/q;;+1/p-1/b7-5-;;. The van der Waals surface area contributed by atoms with Gasteiger partial charge in [0.2, 0.25) is 0 Å². The van der Waals surface area contributed by atoms with Gasteiger partial charge in [-0.2, -0.15) is 0 Å². The summed E-state index contributed by atoms with van der Waals surface area (Å²) in [6.07, 6.45) is 9.64. The molecular weight excluding hydrogens is 156 g/mol. The van der Waals surface area contributed by atoms with Gasteiger partial charge < -0.3 is 9.07 Å². The molecule has 0 aromatic heterocycles. The van der Waals surface area contributed by atoms with E-state index in [2.05, 4.69) is 19.1 Å². The zero-order valence-electron chi connectivity index (χ0n) is 6.78. The van der Waals surface area contributed by atoms with E-state index in [0.29, 0.717) is 0 Å². The van der Waals surface area contributed by atoms with Crippen LogP contribution in [0.2, 0.25) is 4.55 Å². The summed E-state index contributed by atoms with van der Waals surface area (Å²) in [4.78, 5) is 0. The quantitative estimate of drug-likeness (QED) is 0.326. The van der Waals surface area contributed by atoms with Gasteiger partial charge in [0.05, 0.1) is 0 Å². The SMILES string of the molecule is CCCC/C=C\C[CH2][Mg][Cl]. The third-order valence-corrected chi connectivity index (χ3v) is 2.87. The molecule has 0 aliphatic carbocycles. The molecule has 0 saturated carbocycles. The van der Waals surface area contributed by atoms with Crippen molar-refractivity contribution >= 4 is 28.3 Å². The predicted octanol–water partition coefficient (Wildman–Crippen LogP) is 3.40. The highest BCUT2D eigenvalue weighted by molar-refractivity contribution is 6.93. The van der Waals surface area contributed by atoms with Crippen LogP contribution in [0.15, 0.2) is 12.2 Å². The van der Waals surface area contributed by atoms with E-state index in [1.807, 2.05) is 0 Å². The Morgan fingerprint density at radius 1 is 1.30 bits per heavy atom. The largest absolute Gasteiger partial charge is 0.501 e. The summed E-state index contributed by atoms with van der Waals surface area (Å²) in [5, 5.41) is 0. The molecule has 0 nitrogen and oxygen atoms in total. The number of allylic oxidation sites excluding steroid dienone is 2. The van der Waals surface area contributed by atoms with E-state index in [9.17, 15) is 0 Å². The maximum Gasteiger partial charge on any atom is 0.501 e. The average Bonchev–Trinajstić information content (AvgIpc) is 1.97. The van der Waals surface area contributed by atoms with E-state index in [4.69, 9.17) is 9.07 Å². The van der Waals surface area contributed by atoms with Gasteiger partial charge >= 0.3 is 19.3 Å². The van der Waals surface area contributed by atoms with Crippen LogP contribution in [0.4, 0.5) is 0 Å². The van der Waals surface area contributed by atoms with Crippen LogP contribution in [-0.2, 0) is 0 Å². The molecule has 0 N–H and O–H groups in total. The fraction of sp³-hybridized carbons (Fsp3) is 0.750. The Morgan fingerprint density at radius 2 is 2.00 bits per heavy atom. The summed E-state index contributed by atoms with van der Waals surface area (Å²) in [7, 11) is 5.65. The smallest absolute Gasteiger partial charge is 0.346 e. The fourth-order valence-electron chi connectivity index (χ4n) is 0.753. The molecule has 0 aromatic rings. The first-order valence-electron chi connectivity index (χ1n) is 4.12. The van der Waals surface area contributed by atoms with Crippen LogP contribution in [0.25, 0.3) is 0 Å². The maximum atomic E-state index is 5.65. The third-order valence-electron chi connectivity index (χ3n) is 1.40. The van der Waals surface area contributed by atoms with Crippen LogP contribution < -0.4 is 0 Å². The minimum Gasteiger partial charge on any atom is -0.346 e. The van der Waals surface area contributed by atoms with Crippen molar-refractivity contribution in [1.82, 2.24) is 0 Å². The van der Waals surface area contributed by atoms with Crippen LogP contribution in [0, 0.1) is 0 Å². The molecule has 0 aliphatic heterocycles. The molecule has 0 rings (SSSR count). The van der Waals surface area contributed by atoms with Gasteiger partial charge in [0.15, 0.2) is 0 Å². The monoisotopic (exact) mass is 170 g/mol. The van der Waals surface area contributed by atoms with Crippen molar-refractivity contribution in [3.63, 3.8) is 0 Å². The molecule has 0 aromatic carbocycles. The minimum atomic E-state index is -0.205. The summed E-state index contributed by atoms with van der Waals surface area (Å²) < 4.78 is 1.25. The summed E-state index contributed by atoms with van der Waals surface area (Å²) in [5.41, 5.74) is 0. The summed E-state index contributed by atoms with van der Waals surface area (Å²) in [5.74, 6) is 0. The number of rotatable bonds is 6. The molecule has 0 amide bonds. The first-order valence-corrected chi connectivity index (χ1v) is 7.26. The molecule has 0 radical (unpaired) electrons. The van der Waals surface area contributed by atoms with Crippen LogP contribution in [-0.4, -0.2) is 19.3 Å². The minimum absolute atomic E-state index is 0.205. The number of unbranched alkanes of at least 4 members (excludes halogenated alkanes) is 2. The van der Waals surface area contributed by atoms with Crippen molar-refractivity contribution < 1.29 is 0 Å². The number of hydrogen-bond acceptors (Lipinski definition) is 0. The van der Waals surface area contributed by atoms with Gasteiger partial charge in [-0.3, -0.25) is 0 Å². The molecular formula is C8H15ClMg. The lowest BCUT2D eigenvalue weighted by Crippen LogP contribution is -1.73. The molecule has 10 heavy (non-hydrogen) atoms. The third kappa shape index (κ3) is 8.80. The molecule has 0 fully saturated rings. The predicted molar refractivity (Wildman–Crippen MR) is 49.7 cm³/mol. The summed E-state index contributed by atoms with van der Waals surface area (Å²) in [6.45, 7) is 2.22. The van der Waals surface area contributed by atoms with E-state index in [1.54, 1.807) is 0 Å². The highest BCUT2D eigenvalue weighted by Crippen LogP contribution is 1.98. The molecule has 0 heterocycles. The molecule has 0 aliphatic rings. The van der Waals surface area contributed by atoms with Crippen LogP contribution in [0.3, 0.4) is 0 Å². The van der Waals surface area contributed by atoms with Crippen LogP contribution >= 0.6 is 9.07 Å². The van der Waals surface area contributed by atoms with Gasteiger partial charge in [-0.15, -0.1) is 4.55 Å². The molecule has 0 atom stereocenters. The topological polar surface area (TPSA) is 0 Å². The molecule has 0 unspecified atom stereocenters. The molecule has 0 spiro atoms. The van der Waals surface area contributed by atoms with E-state index >= 15 is 0 Å². The van der Waals surface area contributed by atoms with Gasteiger partial charge in [-0.05, 0) is 6.42 Å². The Bertz CT molecular complexity index is 71.3. The maximum absolute atomic E-state index is 5.65. The number of hydrogen-bond donors (Lipinski definition) is 0. The second kappa shape index (κ2) is 9.80. The van der Waals surface area contributed by atoms with Gasteiger partial charge in [-0.25, -0.2) is 0 Å². The lowest BCUT2D eigenvalue weighted by atomic mass is 10.2. The lowest BCUT2D eigenvalue weighted by molar-refractivity contribution is 0.812. The summed E-state index contributed by atoms with van der Waals surface area (Å²) in [6, 6.07) is 0. The van der Waals surface area contributed by atoms with Crippen molar-refractivity contribution in [2.24, 2.45) is 0 Å². The summed E-state index contributed by atoms with van der Waals surface area (Å²) >= 11 is -0.205.